The summed E-state index contributed by atoms with van der Waals surface area (Å²) in [6.07, 6.45) is -2.59. The van der Waals surface area contributed by atoms with Crippen LogP contribution in [0.3, 0.4) is 0 Å². The Bertz CT molecular complexity index is 421. The van der Waals surface area contributed by atoms with Gasteiger partial charge in [-0.3, -0.25) is 0 Å². The molecule has 0 radical (unpaired) electrons. The molecule has 1 rings (SSSR count). The maximum atomic E-state index is 8.90. The Labute approximate surface area is 79.0 Å². The Morgan fingerprint density at radius 2 is 2.42 bits per heavy atom. The minimum absolute atomic E-state index is 0.0765. The van der Waals surface area contributed by atoms with Gasteiger partial charge in [-0.15, -0.1) is 0 Å². The fraction of sp³-hybridized carbons (Fsp3) is 0.250. The highest BCUT2D eigenvalue weighted by molar-refractivity contribution is 6.58. The van der Waals surface area contributed by atoms with Crippen molar-refractivity contribution in [3.8, 4) is 0 Å². The lowest BCUT2D eigenvalue weighted by atomic mass is 9.79. The molecule has 0 saturated carbocycles. The van der Waals surface area contributed by atoms with Crippen molar-refractivity contribution in [2.75, 3.05) is 5.73 Å². The summed E-state index contributed by atoms with van der Waals surface area (Å²) in [5.74, 6) is 0. The number of rotatable bonds is 2. The molecule has 0 heterocycles. The van der Waals surface area contributed by atoms with E-state index in [1.54, 1.807) is 0 Å². The Kier molecular flexibility index (Phi) is 1.29. The topological polar surface area (TPSA) is 66.5 Å². The summed E-state index contributed by atoms with van der Waals surface area (Å²) < 4.78 is 36.4. The van der Waals surface area contributed by atoms with E-state index >= 15 is 0 Å². The molecule has 1 aromatic carbocycles. The van der Waals surface area contributed by atoms with Crippen molar-refractivity contribution in [3.05, 3.63) is 23.8 Å². The third kappa shape index (κ3) is 1.78. The van der Waals surface area contributed by atoms with E-state index < -0.39 is 20.3 Å². The fourth-order valence-electron chi connectivity index (χ4n) is 0.856. The van der Waals surface area contributed by atoms with Crippen molar-refractivity contribution < 1.29 is 16.9 Å². The van der Waals surface area contributed by atoms with Gasteiger partial charge in [0, 0.05) is 12.5 Å². The fourth-order valence-corrected chi connectivity index (χ4v) is 0.856. The van der Waals surface area contributed by atoms with Crippen LogP contribution in [0.4, 0.5) is 5.69 Å². The zero-order valence-corrected chi connectivity index (χ0v) is 6.28. The lowest BCUT2D eigenvalue weighted by molar-refractivity contribution is 0.426. The molecular formula is C8H12BNO2. The van der Waals surface area contributed by atoms with Crippen LogP contribution in [0.2, 0.25) is 0 Å². The van der Waals surface area contributed by atoms with E-state index in [2.05, 4.69) is 0 Å². The van der Waals surface area contributed by atoms with Gasteiger partial charge in [0.25, 0.3) is 0 Å². The van der Waals surface area contributed by atoms with E-state index in [1.807, 2.05) is 0 Å². The van der Waals surface area contributed by atoms with Crippen LogP contribution >= 0.6 is 0 Å². The number of nitrogens with two attached hydrogens (primary N) is 1. The predicted octanol–water partition coefficient (Wildman–Crippen LogP) is -0.489. The first kappa shape index (κ1) is 4.30. The molecule has 0 amide bonds. The molecule has 0 aliphatic rings. The van der Waals surface area contributed by atoms with E-state index in [9.17, 15) is 0 Å². The second kappa shape index (κ2) is 3.60. The summed E-state index contributed by atoms with van der Waals surface area (Å²) in [6.45, 7) is -2.85. The van der Waals surface area contributed by atoms with Crippen molar-refractivity contribution in [1.82, 2.24) is 0 Å². The van der Waals surface area contributed by atoms with E-state index in [1.165, 1.54) is 6.07 Å². The second-order valence-corrected chi connectivity index (χ2v) is 2.35. The van der Waals surface area contributed by atoms with Gasteiger partial charge in [0.05, 0.1) is 0 Å². The average molecular weight is 170 g/mol. The van der Waals surface area contributed by atoms with Crippen molar-refractivity contribution in [1.29, 1.82) is 0 Å². The van der Waals surface area contributed by atoms with Crippen LogP contribution in [-0.2, 0) is 6.37 Å². The van der Waals surface area contributed by atoms with E-state index in [0.29, 0.717) is 0 Å². The van der Waals surface area contributed by atoms with Crippen molar-refractivity contribution in [3.63, 3.8) is 0 Å². The van der Waals surface area contributed by atoms with Crippen LogP contribution in [0.1, 0.15) is 19.3 Å². The van der Waals surface area contributed by atoms with Gasteiger partial charge in [0.1, 0.15) is 0 Å². The Hall–Kier alpha value is -0.995. The third-order valence-electron chi connectivity index (χ3n) is 1.51. The number of aryl methyl sites for hydroxylation is 1. The number of hydrogen-bond donors (Lipinski definition) is 3. The molecule has 0 aliphatic carbocycles. The SMILES string of the molecule is [2H]C([2H])([2H])C([2H])([2H])c1ccc(B(O)O)cc1N. The maximum absolute atomic E-state index is 8.90. The molecule has 4 N–H and O–H groups in total. The smallest absolute Gasteiger partial charge is 0.423 e. The highest BCUT2D eigenvalue weighted by atomic mass is 16.4. The molecule has 0 aliphatic heterocycles. The number of hydrogen-bond acceptors (Lipinski definition) is 3. The molecule has 0 spiro atoms. The lowest BCUT2D eigenvalue weighted by Gasteiger charge is -2.05. The molecule has 1 aromatic rings. The lowest BCUT2D eigenvalue weighted by Crippen LogP contribution is -2.30. The van der Waals surface area contributed by atoms with Crippen LogP contribution < -0.4 is 11.2 Å². The van der Waals surface area contributed by atoms with E-state index in [4.69, 9.17) is 22.6 Å². The van der Waals surface area contributed by atoms with Crippen molar-refractivity contribution in [2.24, 2.45) is 0 Å². The molecule has 12 heavy (non-hydrogen) atoms. The molecule has 0 saturated heterocycles. The summed E-state index contributed by atoms with van der Waals surface area (Å²) in [5.41, 5.74) is 5.29. The number of nitrogen functional groups attached to an aromatic ring is 1. The number of benzene rings is 1. The molecule has 0 aromatic heterocycles. The highest BCUT2D eigenvalue weighted by Crippen LogP contribution is 2.09. The summed E-state index contributed by atoms with van der Waals surface area (Å²) in [5, 5.41) is 17.8. The summed E-state index contributed by atoms with van der Waals surface area (Å²) in [4.78, 5) is 0. The van der Waals surface area contributed by atoms with Crippen molar-refractivity contribution in [2.45, 2.75) is 13.2 Å². The van der Waals surface area contributed by atoms with Gasteiger partial charge in [-0.25, -0.2) is 0 Å². The van der Waals surface area contributed by atoms with Gasteiger partial charge >= 0.3 is 7.12 Å². The predicted molar refractivity (Wildman–Crippen MR) is 50.1 cm³/mol. The third-order valence-corrected chi connectivity index (χ3v) is 1.51. The number of anilines is 1. The largest absolute Gasteiger partial charge is 0.488 e. The van der Waals surface area contributed by atoms with Crippen LogP contribution in [0.25, 0.3) is 0 Å². The normalized spacial score (nSPS) is 18.3. The molecule has 0 unspecified atom stereocenters. The monoisotopic (exact) mass is 170 g/mol. The molecule has 4 heteroatoms. The van der Waals surface area contributed by atoms with Gasteiger partial charge in [-0.05, 0) is 23.5 Å². The summed E-state index contributed by atoms with van der Waals surface area (Å²) in [6, 6.07) is 3.51. The Morgan fingerprint density at radius 3 is 2.92 bits per heavy atom. The summed E-state index contributed by atoms with van der Waals surface area (Å²) >= 11 is 0. The van der Waals surface area contributed by atoms with Crippen LogP contribution in [0.5, 0.6) is 0 Å². The van der Waals surface area contributed by atoms with Crippen molar-refractivity contribution >= 4 is 18.3 Å². The van der Waals surface area contributed by atoms with E-state index in [0.717, 1.165) is 12.1 Å². The summed E-state index contributed by atoms with van der Waals surface area (Å²) in [7, 11) is -1.73. The van der Waals surface area contributed by atoms with Crippen LogP contribution in [0.15, 0.2) is 18.2 Å². The van der Waals surface area contributed by atoms with Gasteiger partial charge < -0.3 is 15.8 Å². The molecular weight excluding hydrogens is 153 g/mol. The van der Waals surface area contributed by atoms with Gasteiger partial charge in [0.2, 0.25) is 0 Å². The zero-order valence-electron chi connectivity index (χ0n) is 11.3. The quantitative estimate of drug-likeness (QED) is 0.414. The zero-order chi connectivity index (χ0) is 13.4. The van der Waals surface area contributed by atoms with Gasteiger partial charge in [0.15, 0.2) is 0 Å². The Morgan fingerprint density at radius 1 is 1.67 bits per heavy atom. The molecule has 0 bridgehead atoms. The van der Waals surface area contributed by atoms with Gasteiger partial charge in [-0.1, -0.05) is 19.0 Å². The van der Waals surface area contributed by atoms with Crippen LogP contribution in [-0.4, -0.2) is 17.2 Å². The molecule has 3 nitrogen and oxygen atoms in total. The maximum Gasteiger partial charge on any atom is 0.488 e. The van der Waals surface area contributed by atoms with E-state index in [-0.39, 0.29) is 16.7 Å². The first-order chi connectivity index (χ1) is 7.57. The minimum atomic E-state index is -2.85. The van der Waals surface area contributed by atoms with Crippen LogP contribution in [0, 0.1) is 0 Å². The molecule has 0 fully saturated rings. The minimum Gasteiger partial charge on any atom is -0.423 e. The van der Waals surface area contributed by atoms with Gasteiger partial charge in [-0.2, -0.15) is 0 Å². The Balaban J connectivity index is 3.26. The second-order valence-electron chi connectivity index (χ2n) is 2.35. The first-order valence-electron chi connectivity index (χ1n) is 5.83. The average Bonchev–Trinajstić information content (AvgIpc) is 2.15. The molecule has 64 valence electrons. The molecule has 0 atom stereocenters. The first-order valence-corrected chi connectivity index (χ1v) is 3.33. The standard InChI is InChI=1S/C8H12BNO2/c1-2-6-3-4-7(9(11)12)5-8(6)10/h3-5,11-12H,2,10H2,1H3/i1D3,2D2. The highest BCUT2D eigenvalue weighted by Gasteiger charge is 2.11.